The van der Waals surface area contributed by atoms with Crippen LogP contribution in [0, 0.1) is 0 Å². The molecule has 0 radical (unpaired) electrons. The molecule has 126 valence electrons. The molecular formula is C15H19ClF2N4O. The molecule has 0 aliphatic carbocycles. The van der Waals surface area contributed by atoms with Crippen LogP contribution in [-0.4, -0.2) is 61.3 Å². The van der Waals surface area contributed by atoms with Gasteiger partial charge >= 0.3 is 0 Å². The van der Waals surface area contributed by atoms with E-state index < -0.39 is 6.43 Å². The number of anilines is 1. The van der Waals surface area contributed by atoms with Gasteiger partial charge in [-0.15, -0.1) is 0 Å². The zero-order chi connectivity index (χ0) is 16.0. The molecule has 23 heavy (non-hydrogen) atoms. The number of aromatic nitrogens is 1. The molecule has 1 unspecified atom stereocenters. The summed E-state index contributed by atoms with van der Waals surface area (Å²) in [6, 6.07) is 2.39. The number of halogens is 3. The van der Waals surface area contributed by atoms with Gasteiger partial charge in [-0.05, 0) is 0 Å². The number of nitrogens with zero attached hydrogens (tertiary/aromatic N) is 3. The van der Waals surface area contributed by atoms with Crippen LogP contribution in [0.25, 0.3) is 0 Å². The van der Waals surface area contributed by atoms with Crippen molar-refractivity contribution in [1.82, 2.24) is 15.2 Å². The van der Waals surface area contributed by atoms with Crippen molar-refractivity contribution in [3.05, 3.63) is 16.9 Å². The van der Waals surface area contributed by atoms with E-state index in [0.29, 0.717) is 24.4 Å². The van der Waals surface area contributed by atoms with E-state index in [-0.39, 0.29) is 16.6 Å². The molecule has 4 rings (SSSR count). The van der Waals surface area contributed by atoms with Gasteiger partial charge in [-0.3, -0.25) is 4.90 Å². The van der Waals surface area contributed by atoms with Crippen LogP contribution in [0.15, 0.2) is 6.07 Å². The zero-order valence-electron chi connectivity index (χ0n) is 12.6. The van der Waals surface area contributed by atoms with Crippen molar-refractivity contribution >= 4 is 17.3 Å². The Morgan fingerprint density at radius 3 is 2.83 bits per heavy atom. The summed E-state index contributed by atoms with van der Waals surface area (Å²) in [5.41, 5.74) is 0.313. The first kappa shape index (κ1) is 15.4. The number of hydrogen-bond donors (Lipinski definition) is 1. The van der Waals surface area contributed by atoms with Crippen molar-refractivity contribution < 1.29 is 13.5 Å². The molecule has 0 amide bonds. The van der Waals surface area contributed by atoms with E-state index in [1.807, 2.05) is 0 Å². The van der Waals surface area contributed by atoms with Gasteiger partial charge in [-0.25, -0.2) is 13.8 Å². The van der Waals surface area contributed by atoms with Crippen LogP contribution in [0.1, 0.15) is 18.5 Å². The lowest BCUT2D eigenvalue weighted by Gasteiger charge is -2.54. The summed E-state index contributed by atoms with van der Waals surface area (Å²) in [5.74, 6) is 0.200. The lowest BCUT2D eigenvalue weighted by Crippen LogP contribution is -2.69. The van der Waals surface area contributed by atoms with Crippen LogP contribution in [-0.2, 0) is 0 Å². The fourth-order valence-corrected chi connectivity index (χ4v) is 4.02. The van der Waals surface area contributed by atoms with Crippen LogP contribution in [0.5, 0.6) is 5.75 Å². The molecule has 1 aromatic heterocycles. The molecule has 2 fully saturated rings. The first-order valence-electron chi connectivity index (χ1n) is 7.98. The van der Waals surface area contributed by atoms with Crippen LogP contribution in [0.4, 0.5) is 14.5 Å². The van der Waals surface area contributed by atoms with Gasteiger partial charge in [0.15, 0.2) is 11.4 Å². The maximum absolute atomic E-state index is 13.2. The van der Waals surface area contributed by atoms with E-state index in [1.54, 1.807) is 6.07 Å². The van der Waals surface area contributed by atoms with Gasteiger partial charge in [0, 0.05) is 57.3 Å². The van der Waals surface area contributed by atoms with Crippen molar-refractivity contribution in [2.45, 2.75) is 24.9 Å². The van der Waals surface area contributed by atoms with E-state index >= 15 is 0 Å². The number of rotatable bonds is 2. The third-order valence-corrected chi connectivity index (χ3v) is 5.17. The third kappa shape index (κ3) is 2.64. The Balaban J connectivity index is 1.62. The highest BCUT2D eigenvalue weighted by Crippen LogP contribution is 2.44. The Morgan fingerprint density at radius 1 is 1.30 bits per heavy atom. The molecule has 4 heterocycles. The van der Waals surface area contributed by atoms with E-state index in [9.17, 15) is 8.78 Å². The van der Waals surface area contributed by atoms with E-state index in [2.05, 4.69) is 20.1 Å². The smallest absolute Gasteiger partial charge is 0.284 e. The summed E-state index contributed by atoms with van der Waals surface area (Å²) in [6.07, 6.45) is -1.87. The Bertz CT molecular complexity index is 597. The Morgan fingerprint density at radius 2 is 2.09 bits per heavy atom. The average Bonchev–Trinajstić information content (AvgIpc) is 2.65. The predicted molar refractivity (Wildman–Crippen MR) is 83.7 cm³/mol. The molecule has 0 spiro atoms. The van der Waals surface area contributed by atoms with Gasteiger partial charge in [0.05, 0.1) is 12.3 Å². The highest BCUT2D eigenvalue weighted by Gasteiger charge is 2.45. The van der Waals surface area contributed by atoms with Gasteiger partial charge in [-0.1, -0.05) is 11.6 Å². The maximum atomic E-state index is 13.2. The highest BCUT2D eigenvalue weighted by atomic mass is 35.5. The van der Waals surface area contributed by atoms with E-state index in [0.717, 1.165) is 39.1 Å². The zero-order valence-corrected chi connectivity index (χ0v) is 13.4. The molecule has 0 bridgehead atoms. The minimum absolute atomic E-state index is 0.0916. The molecule has 3 aliphatic rings. The molecule has 3 aliphatic heterocycles. The number of alkyl halides is 2. The average molecular weight is 345 g/mol. The summed E-state index contributed by atoms with van der Waals surface area (Å²) < 4.78 is 32.1. The van der Waals surface area contributed by atoms with Crippen LogP contribution >= 0.6 is 11.6 Å². The molecule has 0 aromatic carbocycles. The second kappa shape index (κ2) is 6.03. The number of fused-ring (bicyclic) bond motifs is 3. The highest BCUT2D eigenvalue weighted by molar-refractivity contribution is 6.29. The molecule has 1 N–H and O–H groups in total. The van der Waals surface area contributed by atoms with Crippen LogP contribution in [0.3, 0.4) is 0 Å². The minimum Gasteiger partial charge on any atom is -0.489 e. The number of hydrogen-bond acceptors (Lipinski definition) is 5. The summed E-state index contributed by atoms with van der Waals surface area (Å²) in [4.78, 5) is 8.40. The summed E-state index contributed by atoms with van der Waals surface area (Å²) in [5, 5.41) is 3.45. The van der Waals surface area contributed by atoms with Crippen LogP contribution in [0.2, 0.25) is 5.15 Å². The summed E-state index contributed by atoms with van der Waals surface area (Å²) in [7, 11) is 0. The maximum Gasteiger partial charge on any atom is 0.284 e. The number of pyridine rings is 1. The van der Waals surface area contributed by atoms with E-state index in [4.69, 9.17) is 16.3 Å². The molecule has 2 saturated heterocycles. The Labute approximate surface area is 138 Å². The van der Waals surface area contributed by atoms with E-state index in [1.165, 1.54) is 0 Å². The van der Waals surface area contributed by atoms with Crippen molar-refractivity contribution in [3.8, 4) is 5.75 Å². The SMILES string of the molecule is FC(F)c1nc(Cl)cc2c1OCC[C@H]1C(N3CCNCC3)CN21. The quantitative estimate of drug-likeness (QED) is 0.830. The van der Waals surface area contributed by atoms with Gasteiger partial charge in [-0.2, -0.15) is 0 Å². The first-order chi connectivity index (χ1) is 11.1. The lowest BCUT2D eigenvalue weighted by molar-refractivity contribution is 0.102. The fourth-order valence-electron chi connectivity index (χ4n) is 3.82. The third-order valence-electron chi connectivity index (χ3n) is 4.97. The van der Waals surface area contributed by atoms with Crippen molar-refractivity contribution in [2.24, 2.45) is 0 Å². The second-order valence-electron chi connectivity index (χ2n) is 6.19. The van der Waals surface area contributed by atoms with Crippen molar-refractivity contribution in [1.29, 1.82) is 0 Å². The van der Waals surface area contributed by atoms with Crippen molar-refractivity contribution in [2.75, 3.05) is 44.2 Å². The molecule has 0 saturated carbocycles. The Hall–Kier alpha value is -1.18. The standard InChI is InChI=1S/C15H19ClF2N4O/c16-12-7-10-14(13(20-12)15(17)18)23-6-1-9-11(8-22(9)10)21-4-2-19-3-5-21/h7,9,11,15,19H,1-6,8H2/t9-,11?/m0/s1. The van der Waals surface area contributed by atoms with Gasteiger partial charge < -0.3 is 15.0 Å². The Kier molecular flexibility index (Phi) is 4.03. The normalized spacial score (nSPS) is 27.7. The predicted octanol–water partition coefficient (Wildman–Crippen LogP) is 1.92. The molecular weight excluding hydrogens is 326 g/mol. The number of nitrogens with one attached hydrogen (secondary N) is 1. The molecule has 1 aromatic rings. The molecule has 5 nitrogen and oxygen atoms in total. The molecule has 2 atom stereocenters. The summed E-state index contributed by atoms with van der Waals surface area (Å²) in [6.45, 7) is 5.32. The second-order valence-corrected chi connectivity index (χ2v) is 6.58. The van der Waals surface area contributed by atoms with Crippen molar-refractivity contribution in [3.63, 3.8) is 0 Å². The van der Waals surface area contributed by atoms with Gasteiger partial charge in [0.25, 0.3) is 6.43 Å². The van der Waals surface area contributed by atoms with Gasteiger partial charge in [0.1, 0.15) is 5.15 Å². The number of piperazine rings is 1. The van der Waals surface area contributed by atoms with Crippen LogP contribution < -0.4 is 15.0 Å². The minimum atomic E-state index is -2.69. The number of ether oxygens (including phenoxy) is 1. The summed E-state index contributed by atoms with van der Waals surface area (Å²) >= 11 is 5.96. The first-order valence-corrected chi connectivity index (χ1v) is 8.36. The van der Waals surface area contributed by atoms with Gasteiger partial charge in [0.2, 0.25) is 0 Å². The topological polar surface area (TPSA) is 40.6 Å². The largest absolute Gasteiger partial charge is 0.489 e. The lowest BCUT2D eigenvalue weighted by atomic mass is 9.91. The fraction of sp³-hybridized carbons (Fsp3) is 0.667. The molecule has 8 heteroatoms. The monoisotopic (exact) mass is 344 g/mol.